The van der Waals surface area contributed by atoms with Crippen molar-refractivity contribution in [3.05, 3.63) is 23.5 Å². The van der Waals surface area contributed by atoms with Gasteiger partial charge in [-0.25, -0.2) is 0 Å². The largest absolute Gasteiger partial charge is 0.365 e. The van der Waals surface area contributed by atoms with Gasteiger partial charge in [0.25, 0.3) is 0 Å². The van der Waals surface area contributed by atoms with Gasteiger partial charge in [-0.05, 0) is 24.5 Å². The standard InChI is InChI=1S/C11H18N2/c1-7(2)11-9-4-5-12-10(9)6-8(3)13-11/h4-5,7-8,11-13H,6H2,1-3H3/t8-,11-/m0/s1. The summed E-state index contributed by atoms with van der Waals surface area (Å²) in [5, 5.41) is 3.64. The fourth-order valence-electron chi connectivity index (χ4n) is 2.20. The molecule has 13 heavy (non-hydrogen) atoms. The van der Waals surface area contributed by atoms with Crippen molar-refractivity contribution in [1.82, 2.24) is 10.3 Å². The van der Waals surface area contributed by atoms with E-state index in [1.165, 1.54) is 11.3 Å². The maximum Gasteiger partial charge on any atom is 0.0363 e. The fraction of sp³-hybridized carbons (Fsp3) is 0.636. The molecule has 72 valence electrons. The summed E-state index contributed by atoms with van der Waals surface area (Å²) in [7, 11) is 0. The summed E-state index contributed by atoms with van der Waals surface area (Å²) in [6.07, 6.45) is 3.19. The molecule has 1 aromatic heterocycles. The van der Waals surface area contributed by atoms with E-state index in [1.54, 1.807) is 0 Å². The average Bonchev–Trinajstić information content (AvgIpc) is 2.49. The first-order chi connectivity index (χ1) is 6.18. The SMILES string of the molecule is CC(C)[C@@H]1N[C@@H](C)Cc2[nH]ccc21. The van der Waals surface area contributed by atoms with Gasteiger partial charge in [-0.3, -0.25) is 0 Å². The van der Waals surface area contributed by atoms with Crippen LogP contribution in [0.25, 0.3) is 0 Å². The third-order valence-corrected chi connectivity index (χ3v) is 2.85. The van der Waals surface area contributed by atoms with Gasteiger partial charge in [-0.15, -0.1) is 0 Å². The van der Waals surface area contributed by atoms with Crippen molar-refractivity contribution in [2.45, 2.75) is 39.3 Å². The summed E-state index contributed by atoms with van der Waals surface area (Å²) in [4.78, 5) is 3.33. The van der Waals surface area contributed by atoms with Crippen LogP contribution in [0, 0.1) is 5.92 Å². The Kier molecular flexibility index (Phi) is 2.16. The maximum atomic E-state index is 3.64. The van der Waals surface area contributed by atoms with E-state index in [0.717, 1.165) is 6.42 Å². The smallest absolute Gasteiger partial charge is 0.0363 e. The number of fused-ring (bicyclic) bond motifs is 1. The van der Waals surface area contributed by atoms with Crippen molar-refractivity contribution in [2.75, 3.05) is 0 Å². The molecule has 2 nitrogen and oxygen atoms in total. The molecule has 2 rings (SSSR count). The van der Waals surface area contributed by atoms with Crippen molar-refractivity contribution in [3.63, 3.8) is 0 Å². The molecular weight excluding hydrogens is 160 g/mol. The lowest BCUT2D eigenvalue weighted by Crippen LogP contribution is -2.39. The molecule has 2 N–H and O–H groups in total. The predicted molar refractivity (Wildman–Crippen MR) is 54.7 cm³/mol. The summed E-state index contributed by atoms with van der Waals surface area (Å²) in [5.74, 6) is 0.664. The Morgan fingerprint density at radius 3 is 2.92 bits per heavy atom. The highest BCUT2D eigenvalue weighted by Gasteiger charge is 2.26. The van der Waals surface area contributed by atoms with Crippen LogP contribution >= 0.6 is 0 Å². The number of hydrogen-bond acceptors (Lipinski definition) is 1. The average molecular weight is 178 g/mol. The second-order valence-electron chi connectivity index (χ2n) is 4.41. The minimum Gasteiger partial charge on any atom is -0.365 e. The molecule has 0 fully saturated rings. The number of rotatable bonds is 1. The molecule has 0 amide bonds. The fourth-order valence-corrected chi connectivity index (χ4v) is 2.20. The lowest BCUT2D eigenvalue weighted by atomic mass is 9.90. The Labute approximate surface area is 79.7 Å². The molecule has 2 atom stereocenters. The van der Waals surface area contributed by atoms with Crippen LogP contribution in [-0.4, -0.2) is 11.0 Å². The van der Waals surface area contributed by atoms with Crippen molar-refractivity contribution in [3.8, 4) is 0 Å². The number of aromatic nitrogens is 1. The Morgan fingerprint density at radius 1 is 1.46 bits per heavy atom. The van der Waals surface area contributed by atoms with E-state index in [1.807, 2.05) is 0 Å². The van der Waals surface area contributed by atoms with Gasteiger partial charge in [0.2, 0.25) is 0 Å². The number of H-pyrrole nitrogens is 1. The molecule has 0 aromatic carbocycles. The normalized spacial score (nSPS) is 27.7. The van der Waals surface area contributed by atoms with E-state index >= 15 is 0 Å². The monoisotopic (exact) mass is 178 g/mol. The van der Waals surface area contributed by atoms with Gasteiger partial charge in [0, 0.05) is 30.4 Å². The minimum absolute atomic E-state index is 0.532. The second-order valence-corrected chi connectivity index (χ2v) is 4.41. The second kappa shape index (κ2) is 3.18. The summed E-state index contributed by atoms with van der Waals surface area (Å²) in [6.45, 7) is 6.79. The van der Waals surface area contributed by atoms with Crippen LogP contribution in [0.3, 0.4) is 0 Å². The van der Waals surface area contributed by atoms with Gasteiger partial charge < -0.3 is 10.3 Å². The third-order valence-electron chi connectivity index (χ3n) is 2.85. The summed E-state index contributed by atoms with van der Waals surface area (Å²) >= 11 is 0. The molecule has 1 aliphatic heterocycles. The lowest BCUT2D eigenvalue weighted by molar-refractivity contribution is 0.345. The van der Waals surface area contributed by atoms with Crippen LogP contribution in [0.4, 0.5) is 0 Å². The molecule has 0 saturated carbocycles. The van der Waals surface area contributed by atoms with E-state index in [-0.39, 0.29) is 0 Å². The molecule has 0 aliphatic carbocycles. The zero-order valence-electron chi connectivity index (χ0n) is 8.59. The Bertz CT molecular complexity index is 288. The molecule has 1 aliphatic rings. The van der Waals surface area contributed by atoms with Crippen molar-refractivity contribution in [1.29, 1.82) is 0 Å². The zero-order valence-corrected chi connectivity index (χ0v) is 8.59. The van der Waals surface area contributed by atoms with Crippen LogP contribution in [0.2, 0.25) is 0 Å². The van der Waals surface area contributed by atoms with Gasteiger partial charge in [-0.2, -0.15) is 0 Å². The highest BCUT2D eigenvalue weighted by atomic mass is 15.0. The van der Waals surface area contributed by atoms with E-state index in [2.05, 4.69) is 43.3 Å². The van der Waals surface area contributed by atoms with Crippen LogP contribution < -0.4 is 5.32 Å². The predicted octanol–water partition coefficient (Wildman–Crippen LogP) is 2.25. The van der Waals surface area contributed by atoms with Crippen molar-refractivity contribution >= 4 is 0 Å². The molecule has 2 heteroatoms. The molecule has 2 heterocycles. The summed E-state index contributed by atoms with van der Waals surface area (Å²) in [6, 6.07) is 3.34. The first-order valence-corrected chi connectivity index (χ1v) is 5.10. The number of nitrogens with one attached hydrogen (secondary N) is 2. The highest BCUT2D eigenvalue weighted by molar-refractivity contribution is 5.28. The van der Waals surface area contributed by atoms with E-state index in [4.69, 9.17) is 0 Å². The lowest BCUT2D eigenvalue weighted by Gasteiger charge is -2.31. The van der Waals surface area contributed by atoms with Crippen molar-refractivity contribution in [2.24, 2.45) is 5.92 Å². The number of aromatic amines is 1. The van der Waals surface area contributed by atoms with Gasteiger partial charge in [0.05, 0.1) is 0 Å². The molecule has 1 aromatic rings. The maximum absolute atomic E-state index is 3.64. The molecule has 0 unspecified atom stereocenters. The first-order valence-electron chi connectivity index (χ1n) is 5.10. The Hall–Kier alpha value is -0.760. The zero-order chi connectivity index (χ0) is 9.42. The molecule has 0 radical (unpaired) electrons. The highest BCUT2D eigenvalue weighted by Crippen LogP contribution is 2.29. The Morgan fingerprint density at radius 2 is 2.23 bits per heavy atom. The van der Waals surface area contributed by atoms with E-state index in [0.29, 0.717) is 18.0 Å². The molecule has 0 bridgehead atoms. The van der Waals surface area contributed by atoms with E-state index < -0.39 is 0 Å². The van der Waals surface area contributed by atoms with Gasteiger partial charge in [-0.1, -0.05) is 13.8 Å². The van der Waals surface area contributed by atoms with Gasteiger partial charge >= 0.3 is 0 Å². The molecule has 0 saturated heterocycles. The van der Waals surface area contributed by atoms with Crippen LogP contribution in [0.15, 0.2) is 12.3 Å². The molecule has 0 spiro atoms. The number of hydrogen-bond donors (Lipinski definition) is 2. The van der Waals surface area contributed by atoms with Gasteiger partial charge in [0.15, 0.2) is 0 Å². The van der Waals surface area contributed by atoms with Crippen LogP contribution in [0.1, 0.15) is 38.1 Å². The van der Waals surface area contributed by atoms with Gasteiger partial charge in [0.1, 0.15) is 0 Å². The topological polar surface area (TPSA) is 27.8 Å². The van der Waals surface area contributed by atoms with E-state index in [9.17, 15) is 0 Å². The Balaban J connectivity index is 2.32. The van der Waals surface area contributed by atoms with Crippen LogP contribution in [0.5, 0.6) is 0 Å². The van der Waals surface area contributed by atoms with Crippen LogP contribution in [-0.2, 0) is 6.42 Å². The molecular formula is C11H18N2. The third kappa shape index (κ3) is 1.51. The minimum atomic E-state index is 0.532. The van der Waals surface area contributed by atoms with Crippen molar-refractivity contribution < 1.29 is 0 Å². The quantitative estimate of drug-likeness (QED) is 0.678. The summed E-state index contributed by atoms with van der Waals surface area (Å²) < 4.78 is 0. The first kappa shape index (κ1) is 8.82. The summed E-state index contributed by atoms with van der Waals surface area (Å²) in [5.41, 5.74) is 2.89.